The molecule has 2 N–H and O–H groups in total. The number of carbonyl (C=O) groups excluding carboxylic acids is 1. The Kier molecular flexibility index (Phi) is 6.05. The van der Waals surface area contributed by atoms with E-state index in [0.29, 0.717) is 22.6 Å². The van der Waals surface area contributed by atoms with Gasteiger partial charge in [-0.25, -0.2) is 0 Å². The molecular weight excluding hydrogens is 423 g/mol. The predicted octanol–water partition coefficient (Wildman–Crippen LogP) is 4.50. The zero-order chi connectivity index (χ0) is 22.7. The third-order valence-corrected chi connectivity index (χ3v) is 5.06. The summed E-state index contributed by atoms with van der Waals surface area (Å²) in [4.78, 5) is 13.0. The molecule has 0 saturated heterocycles. The first kappa shape index (κ1) is 21.7. The molecule has 0 fully saturated rings. The van der Waals surface area contributed by atoms with Gasteiger partial charge in [0.25, 0.3) is 0 Å². The lowest BCUT2D eigenvalue weighted by Crippen LogP contribution is -2.38. The highest BCUT2D eigenvalue weighted by Gasteiger charge is 2.33. The van der Waals surface area contributed by atoms with Gasteiger partial charge in [-0.2, -0.15) is 13.2 Å². The normalized spacial score (nSPS) is 14.0. The fourth-order valence-electron chi connectivity index (χ4n) is 3.53. The summed E-state index contributed by atoms with van der Waals surface area (Å²) >= 11 is 0. The molecule has 3 aromatic carbocycles. The molecule has 5 nitrogen and oxygen atoms in total. The maximum absolute atomic E-state index is 13.0. The first-order valence-corrected chi connectivity index (χ1v) is 9.94. The molecular formula is C24H20F3NO4. The van der Waals surface area contributed by atoms with Gasteiger partial charge in [0, 0.05) is 17.7 Å². The van der Waals surface area contributed by atoms with Crippen molar-refractivity contribution in [2.45, 2.75) is 18.2 Å². The fraction of sp³-hybridized carbons (Fsp3) is 0.208. The lowest BCUT2D eigenvalue weighted by molar-refractivity contribution is -0.137. The smallest absolute Gasteiger partial charge is 0.416 e. The third kappa shape index (κ3) is 4.70. The Morgan fingerprint density at radius 3 is 2.25 bits per heavy atom. The molecule has 0 aliphatic carbocycles. The van der Waals surface area contributed by atoms with Crippen LogP contribution < -0.4 is 14.8 Å². The Hall–Kier alpha value is -3.52. The molecule has 1 amide bonds. The van der Waals surface area contributed by atoms with Crippen LogP contribution in [0.15, 0.2) is 72.8 Å². The van der Waals surface area contributed by atoms with Crippen molar-refractivity contribution in [2.24, 2.45) is 0 Å². The van der Waals surface area contributed by atoms with Crippen LogP contribution in [-0.2, 0) is 11.0 Å². The van der Waals surface area contributed by atoms with Gasteiger partial charge in [0.2, 0.25) is 5.91 Å². The molecule has 8 heteroatoms. The minimum atomic E-state index is -4.48. The van der Waals surface area contributed by atoms with Crippen LogP contribution in [0.2, 0.25) is 0 Å². The van der Waals surface area contributed by atoms with Crippen LogP contribution in [0.4, 0.5) is 13.2 Å². The van der Waals surface area contributed by atoms with Crippen LogP contribution in [0.5, 0.6) is 17.2 Å². The van der Waals surface area contributed by atoms with E-state index in [-0.39, 0.29) is 24.8 Å². The summed E-state index contributed by atoms with van der Waals surface area (Å²) in [5, 5.41) is 12.9. The number of alkyl halides is 3. The van der Waals surface area contributed by atoms with Gasteiger partial charge in [0.05, 0.1) is 11.5 Å². The Morgan fingerprint density at radius 1 is 1.00 bits per heavy atom. The zero-order valence-electron chi connectivity index (χ0n) is 16.8. The first-order chi connectivity index (χ1) is 15.3. The maximum atomic E-state index is 13.0. The third-order valence-electron chi connectivity index (χ3n) is 5.06. The van der Waals surface area contributed by atoms with Crippen molar-refractivity contribution in [1.29, 1.82) is 0 Å². The summed E-state index contributed by atoms with van der Waals surface area (Å²) in [6.45, 7) is -0.401. The fourth-order valence-corrected chi connectivity index (χ4v) is 3.53. The second-order valence-corrected chi connectivity index (χ2v) is 7.35. The number of hydrogen-bond acceptors (Lipinski definition) is 4. The van der Waals surface area contributed by atoms with Gasteiger partial charge in [0.15, 0.2) is 0 Å². The van der Waals surface area contributed by atoms with E-state index in [1.807, 2.05) is 36.4 Å². The monoisotopic (exact) mass is 443 g/mol. The SMILES string of the molecule is O=C(NCC(O)COc1cccc(C(F)(F)F)c1)C1c2ccccc2Oc2ccccc21. The van der Waals surface area contributed by atoms with Crippen LogP contribution in [0.25, 0.3) is 0 Å². The largest absolute Gasteiger partial charge is 0.491 e. The molecule has 4 rings (SSSR count). The minimum absolute atomic E-state index is 0.0162. The molecule has 0 saturated carbocycles. The van der Waals surface area contributed by atoms with Gasteiger partial charge in [-0.1, -0.05) is 42.5 Å². The number of halogens is 3. The number of rotatable bonds is 6. The van der Waals surface area contributed by atoms with Crippen LogP contribution in [-0.4, -0.2) is 30.3 Å². The quantitative estimate of drug-likeness (QED) is 0.589. The van der Waals surface area contributed by atoms with Crippen molar-refractivity contribution in [3.63, 3.8) is 0 Å². The highest BCUT2D eigenvalue weighted by atomic mass is 19.4. The second kappa shape index (κ2) is 8.92. The van der Waals surface area contributed by atoms with Gasteiger partial charge >= 0.3 is 6.18 Å². The molecule has 1 atom stereocenters. The predicted molar refractivity (Wildman–Crippen MR) is 111 cm³/mol. The molecule has 0 spiro atoms. The lowest BCUT2D eigenvalue weighted by Gasteiger charge is -2.27. The summed E-state index contributed by atoms with van der Waals surface area (Å²) < 4.78 is 49.6. The van der Waals surface area contributed by atoms with Crippen LogP contribution in [0, 0.1) is 0 Å². The van der Waals surface area contributed by atoms with E-state index in [1.54, 1.807) is 12.1 Å². The number of hydrogen-bond donors (Lipinski definition) is 2. The molecule has 0 aromatic heterocycles. The van der Waals surface area contributed by atoms with Gasteiger partial charge in [-0.05, 0) is 30.3 Å². The summed E-state index contributed by atoms with van der Waals surface area (Å²) in [6.07, 6.45) is -5.60. The molecule has 166 valence electrons. The van der Waals surface area contributed by atoms with Crippen molar-refractivity contribution in [3.05, 3.63) is 89.5 Å². The number of benzene rings is 3. The van der Waals surface area contributed by atoms with E-state index in [4.69, 9.17) is 9.47 Å². The van der Waals surface area contributed by atoms with Gasteiger partial charge < -0.3 is 19.9 Å². The van der Waals surface area contributed by atoms with Gasteiger partial charge in [-0.15, -0.1) is 0 Å². The van der Waals surface area contributed by atoms with E-state index in [1.165, 1.54) is 12.1 Å². The topological polar surface area (TPSA) is 67.8 Å². The Labute approximate surface area is 182 Å². The summed E-state index contributed by atoms with van der Waals surface area (Å²) in [6, 6.07) is 18.8. The van der Waals surface area contributed by atoms with Crippen molar-refractivity contribution in [3.8, 4) is 17.2 Å². The molecule has 1 heterocycles. The van der Waals surface area contributed by atoms with E-state index >= 15 is 0 Å². The molecule has 3 aromatic rings. The zero-order valence-corrected chi connectivity index (χ0v) is 16.8. The molecule has 32 heavy (non-hydrogen) atoms. The van der Waals surface area contributed by atoms with Crippen LogP contribution in [0.1, 0.15) is 22.6 Å². The highest BCUT2D eigenvalue weighted by molar-refractivity contribution is 5.89. The number of aliphatic hydroxyl groups excluding tert-OH is 1. The number of fused-ring (bicyclic) bond motifs is 2. The number of nitrogens with one attached hydrogen (secondary N) is 1. The van der Waals surface area contributed by atoms with Crippen molar-refractivity contribution >= 4 is 5.91 Å². The number of para-hydroxylation sites is 2. The van der Waals surface area contributed by atoms with E-state index in [2.05, 4.69) is 5.32 Å². The summed E-state index contributed by atoms with van der Waals surface area (Å²) in [5.74, 6) is 0.205. The van der Waals surface area contributed by atoms with Crippen LogP contribution >= 0.6 is 0 Å². The lowest BCUT2D eigenvalue weighted by atomic mass is 9.87. The molecule has 1 aliphatic heterocycles. The molecule has 1 unspecified atom stereocenters. The Morgan fingerprint density at radius 2 is 1.62 bits per heavy atom. The minimum Gasteiger partial charge on any atom is -0.491 e. The van der Waals surface area contributed by atoms with Crippen LogP contribution in [0.3, 0.4) is 0 Å². The highest BCUT2D eigenvalue weighted by Crippen LogP contribution is 2.43. The number of ether oxygens (including phenoxy) is 2. The van der Waals surface area contributed by atoms with E-state index in [9.17, 15) is 23.1 Å². The number of carbonyl (C=O) groups is 1. The summed E-state index contributed by atoms with van der Waals surface area (Å²) in [5.41, 5.74) is 0.575. The van der Waals surface area contributed by atoms with Crippen molar-refractivity contribution < 1.29 is 32.5 Å². The van der Waals surface area contributed by atoms with Crippen molar-refractivity contribution in [1.82, 2.24) is 5.32 Å². The van der Waals surface area contributed by atoms with Gasteiger partial charge in [-0.3, -0.25) is 4.79 Å². The van der Waals surface area contributed by atoms with E-state index in [0.717, 1.165) is 12.1 Å². The van der Waals surface area contributed by atoms with Crippen molar-refractivity contribution in [2.75, 3.05) is 13.2 Å². The Balaban J connectivity index is 1.39. The van der Waals surface area contributed by atoms with E-state index < -0.39 is 23.8 Å². The first-order valence-electron chi connectivity index (χ1n) is 9.94. The average Bonchev–Trinajstić information content (AvgIpc) is 2.79. The molecule has 1 aliphatic rings. The summed E-state index contributed by atoms with van der Waals surface area (Å²) in [7, 11) is 0. The van der Waals surface area contributed by atoms with Gasteiger partial charge in [0.1, 0.15) is 30.0 Å². The Bertz CT molecular complexity index is 1070. The second-order valence-electron chi connectivity index (χ2n) is 7.35. The number of amides is 1. The number of aliphatic hydroxyl groups is 1. The average molecular weight is 443 g/mol. The molecule has 0 radical (unpaired) electrons. The standard InChI is InChI=1S/C24H20F3NO4/c25-24(26,27)15-6-5-7-17(12-15)31-14-16(29)13-28-23(30)22-18-8-1-3-10-20(18)32-21-11-4-2-9-19(21)22/h1-12,16,22,29H,13-14H2,(H,28,30). The molecule has 0 bridgehead atoms. The maximum Gasteiger partial charge on any atom is 0.416 e.